The third-order valence-electron chi connectivity index (χ3n) is 4.20. The molecule has 4 aromatic rings. The second kappa shape index (κ2) is 12.5. The largest absolute Gasteiger partial charge is 0.398 e. The van der Waals surface area contributed by atoms with Crippen LogP contribution in [0, 0.1) is 0 Å². The van der Waals surface area contributed by atoms with Crippen molar-refractivity contribution in [1.82, 2.24) is 0 Å². The molecule has 0 amide bonds. The zero-order chi connectivity index (χ0) is 23.5. The maximum atomic E-state index is 10.3. The SMILES string of the molecule is ClC(Cl)Cl.Nc1cccc2c(N)cccc12.O=C=Nc1cccc2c(N=C=O)cccc12. The van der Waals surface area contributed by atoms with Crippen LogP contribution in [0.4, 0.5) is 22.7 Å². The molecular weight excluding hydrogens is 471 g/mol. The highest BCUT2D eigenvalue weighted by atomic mass is 35.6. The van der Waals surface area contributed by atoms with Crippen LogP contribution in [-0.4, -0.2) is 16.5 Å². The highest BCUT2D eigenvalue weighted by Crippen LogP contribution is 2.31. The Morgan fingerprint density at radius 3 is 1.25 bits per heavy atom. The van der Waals surface area contributed by atoms with Crippen molar-refractivity contribution in [3.05, 3.63) is 72.8 Å². The lowest BCUT2D eigenvalue weighted by molar-refractivity contribution is 0.564. The Morgan fingerprint density at radius 1 is 0.594 bits per heavy atom. The van der Waals surface area contributed by atoms with Crippen LogP contribution < -0.4 is 11.5 Å². The number of nitrogens with two attached hydrogens (primary N) is 2. The third-order valence-corrected chi connectivity index (χ3v) is 4.20. The molecule has 0 aliphatic heterocycles. The normalized spacial score (nSPS) is 9.62. The molecule has 162 valence electrons. The van der Waals surface area contributed by atoms with E-state index in [2.05, 4.69) is 9.98 Å². The summed E-state index contributed by atoms with van der Waals surface area (Å²) < 4.78 is -0.750. The molecule has 0 heterocycles. The molecule has 0 saturated heterocycles. The lowest BCUT2D eigenvalue weighted by atomic mass is 10.1. The van der Waals surface area contributed by atoms with E-state index < -0.39 is 4.30 Å². The molecule has 0 aliphatic rings. The number of carbonyl (C=O) groups excluding carboxylic acids is 2. The smallest absolute Gasteiger partial charge is 0.240 e. The van der Waals surface area contributed by atoms with E-state index >= 15 is 0 Å². The minimum absolute atomic E-state index is 0.510. The van der Waals surface area contributed by atoms with E-state index in [1.165, 1.54) is 12.2 Å². The molecule has 0 radical (unpaired) electrons. The van der Waals surface area contributed by atoms with E-state index in [1.54, 1.807) is 36.4 Å². The zero-order valence-corrected chi connectivity index (χ0v) is 18.8. The highest BCUT2D eigenvalue weighted by Gasteiger charge is 2.03. The van der Waals surface area contributed by atoms with Gasteiger partial charge in [0.1, 0.15) is 0 Å². The molecule has 6 nitrogen and oxygen atoms in total. The Labute approximate surface area is 199 Å². The lowest BCUT2D eigenvalue weighted by Gasteiger charge is -2.03. The van der Waals surface area contributed by atoms with Crippen LogP contribution >= 0.6 is 34.8 Å². The van der Waals surface area contributed by atoms with Gasteiger partial charge in [0.05, 0.1) is 11.4 Å². The van der Waals surface area contributed by atoms with Crippen molar-refractivity contribution in [2.45, 2.75) is 4.30 Å². The summed E-state index contributed by atoms with van der Waals surface area (Å²) in [5.74, 6) is 0. The van der Waals surface area contributed by atoms with E-state index in [0.29, 0.717) is 11.4 Å². The molecule has 0 saturated carbocycles. The minimum atomic E-state index is -0.750. The van der Waals surface area contributed by atoms with Gasteiger partial charge in [-0.05, 0) is 24.3 Å². The molecule has 0 unspecified atom stereocenters. The Bertz CT molecular complexity index is 1210. The van der Waals surface area contributed by atoms with Crippen molar-refractivity contribution in [2.75, 3.05) is 11.5 Å². The Hall–Kier alpha value is -3.37. The topological polar surface area (TPSA) is 111 Å². The van der Waals surface area contributed by atoms with Crippen molar-refractivity contribution < 1.29 is 9.59 Å². The van der Waals surface area contributed by atoms with Gasteiger partial charge in [0, 0.05) is 32.9 Å². The van der Waals surface area contributed by atoms with Gasteiger partial charge in [-0.15, -0.1) is 0 Å². The summed E-state index contributed by atoms with van der Waals surface area (Å²) >= 11 is 14.4. The fraction of sp³-hybridized carbons (Fsp3) is 0.0435. The average Bonchev–Trinajstić information content (AvgIpc) is 2.76. The fourth-order valence-electron chi connectivity index (χ4n) is 2.93. The Morgan fingerprint density at radius 2 is 0.906 bits per heavy atom. The van der Waals surface area contributed by atoms with Crippen molar-refractivity contribution in [2.24, 2.45) is 9.98 Å². The molecule has 4 aromatic carbocycles. The summed E-state index contributed by atoms with van der Waals surface area (Å²) in [4.78, 5) is 27.7. The van der Waals surface area contributed by atoms with Gasteiger partial charge in [0.25, 0.3) is 0 Å². The first-order valence-corrected chi connectivity index (χ1v) is 10.3. The minimum Gasteiger partial charge on any atom is -0.398 e. The van der Waals surface area contributed by atoms with Crippen molar-refractivity contribution >= 4 is 91.3 Å². The maximum absolute atomic E-state index is 10.3. The molecule has 0 bridgehead atoms. The van der Waals surface area contributed by atoms with Gasteiger partial charge in [-0.3, -0.25) is 0 Å². The van der Waals surface area contributed by atoms with Gasteiger partial charge in [0.2, 0.25) is 12.2 Å². The number of hydrogen-bond acceptors (Lipinski definition) is 6. The molecule has 0 atom stereocenters. The summed E-state index contributed by atoms with van der Waals surface area (Å²) in [7, 11) is 0. The van der Waals surface area contributed by atoms with Crippen LogP contribution in [0.3, 0.4) is 0 Å². The van der Waals surface area contributed by atoms with E-state index in [1.807, 2.05) is 36.4 Å². The summed E-state index contributed by atoms with van der Waals surface area (Å²) in [6, 6.07) is 22.0. The Balaban J connectivity index is 0.000000200. The van der Waals surface area contributed by atoms with Crippen LogP contribution in [0.2, 0.25) is 0 Å². The molecule has 9 heteroatoms. The second-order valence-corrected chi connectivity index (χ2v) is 8.07. The number of benzene rings is 4. The van der Waals surface area contributed by atoms with Crippen LogP contribution in [0.5, 0.6) is 0 Å². The number of fused-ring (bicyclic) bond motifs is 2. The van der Waals surface area contributed by atoms with Crippen LogP contribution in [0.1, 0.15) is 0 Å². The van der Waals surface area contributed by atoms with Crippen LogP contribution in [0.25, 0.3) is 21.5 Å². The monoisotopic (exact) mass is 486 g/mol. The first-order valence-electron chi connectivity index (χ1n) is 9.01. The summed E-state index contributed by atoms with van der Waals surface area (Å²) in [5.41, 5.74) is 14.1. The van der Waals surface area contributed by atoms with E-state index in [4.69, 9.17) is 46.3 Å². The van der Waals surface area contributed by atoms with Crippen molar-refractivity contribution in [1.29, 1.82) is 0 Å². The molecule has 0 fully saturated rings. The number of halogens is 3. The predicted molar refractivity (Wildman–Crippen MR) is 134 cm³/mol. The zero-order valence-electron chi connectivity index (χ0n) is 16.5. The fourth-order valence-corrected chi connectivity index (χ4v) is 2.93. The summed E-state index contributed by atoms with van der Waals surface area (Å²) in [6.45, 7) is 0. The molecule has 0 spiro atoms. The number of anilines is 2. The van der Waals surface area contributed by atoms with Gasteiger partial charge in [-0.1, -0.05) is 83.3 Å². The Kier molecular flexibility index (Phi) is 9.71. The summed E-state index contributed by atoms with van der Waals surface area (Å²) in [5, 5.41) is 3.56. The van der Waals surface area contributed by atoms with E-state index in [0.717, 1.165) is 32.9 Å². The molecule has 4 N–H and O–H groups in total. The number of alkyl halides is 3. The first kappa shape index (κ1) is 24.9. The van der Waals surface area contributed by atoms with Crippen molar-refractivity contribution in [3.8, 4) is 0 Å². The number of rotatable bonds is 2. The average molecular weight is 488 g/mol. The van der Waals surface area contributed by atoms with Gasteiger partial charge in [-0.2, -0.15) is 9.98 Å². The molecule has 32 heavy (non-hydrogen) atoms. The van der Waals surface area contributed by atoms with E-state index in [9.17, 15) is 9.59 Å². The maximum Gasteiger partial charge on any atom is 0.240 e. The number of hydrogen-bond donors (Lipinski definition) is 2. The van der Waals surface area contributed by atoms with Gasteiger partial charge in [-0.25, -0.2) is 9.59 Å². The van der Waals surface area contributed by atoms with Gasteiger partial charge >= 0.3 is 0 Å². The predicted octanol–water partition coefficient (Wildman–Crippen LogP) is 6.77. The third kappa shape index (κ3) is 6.82. The standard InChI is InChI=1S/C12H6N2O2.C10H10N2.CHCl3/c15-7-13-11-5-1-3-9-10(11)4-2-6-12(9)14-8-16;11-9-5-1-3-7-8(9)4-2-6-10(7)12;2-1(3)4/h1-6H;1-6H,11-12H2;1H. The number of nitrogens with zero attached hydrogens (tertiary/aromatic N) is 2. The molecule has 0 aromatic heterocycles. The summed E-state index contributed by atoms with van der Waals surface area (Å²) in [6.07, 6.45) is 2.99. The number of isocyanates is 2. The van der Waals surface area contributed by atoms with Crippen LogP contribution in [0.15, 0.2) is 82.8 Å². The molecule has 0 aliphatic carbocycles. The van der Waals surface area contributed by atoms with E-state index in [-0.39, 0.29) is 0 Å². The van der Waals surface area contributed by atoms with Gasteiger partial charge < -0.3 is 11.5 Å². The second-order valence-electron chi connectivity index (χ2n) is 6.09. The molecule has 4 rings (SSSR count). The first-order chi connectivity index (χ1) is 15.4. The number of aliphatic imine (C=N–C) groups is 2. The molecular formula is C23H17Cl3N4O2. The van der Waals surface area contributed by atoms with Crippen LogP contribution in [-0.2, 0) is 9.59 Å². The van der Waals surface area contributed by atoms with Crippen molar-refractivity contribution in [3.63, 3.8) is 0 Å². The lowest BCUT2D eigenvalue weighted by Crippen LogP contribution is -1.90. The van der Waals surface area contributed by atoms with Gasteiger partial charge in [0.15, 0.2) is 4.30 Å². The quantitative estimate of drug-likeness (QED) is 0.141. The highest BCUT2D eigenvalue weighted by molar-refractivity contribution is 6.63. The number of nitrogen functional groups attached to an aromatic ring is 2.